The number of amides is 2. The van der Waals surface area contributed by atoms with Gasteiger partial charge in [-0.05, 0) is 44.5 Å². The Hall–Kier alpha value is -3.36. The molecule has 2 rings (SSSR count). The highest BCUT2D eigenvalue weighted by Gasteiger charge is 2.20. The maximum atomic E-state index is 12.3. The molecule has 0 aliphatic carbocycles. The Morgan fingerprint density at radius 2 is 1.83 bits per heavy atom. The Balaban J connectivity index is 1.82. The molecule has 0 spiro atoms. The second-order valence-electron chi connectivity index (χ2n) is 6.45. The summed E-state index contributed by atoms with van der Waals surface area (Å²) in [6.07, 6.45) is 1.41. The van der Waals surface area contributed by atoms with Crippen LogP contribution in [-0.4, -0.2) is 47.3 Å². The first-order chi connectivity index (χ1) is 13.8. The highest BCUT2D eigenvalue weighted by atomic mass is 16.5. The summed E-state index contributed by atoms with van der Waals surface area (Å²) in [5, 5.41) is 9.34. The third kappa shape index (κ3) is 6.06. The quantitative estimate of drug-likeness (QED) is 0.622. The van der Waals surface area contributed by atoms with Gasteiger partial charge in [-0.3, -0.25) is 14.4 Å². The van der Waals surface area contributed by atoms with Crippen molar-refractivity contribution in [2.24, 2.45) is 0 Å². The van der Waals surface area contributed by atoms with Crippen LogP contribution in [0, 0.1) is 0 Å². The van der Waals surface area contributed by atoms with E-state index in [4.69, 9.17) is 9.47 Å². The molecule has 0 saturated carbocycles. The van der Waals surface area contributed by atoms with E-state index in [0.29, 0.717) is 17.1 Å². The van der Waals surface area contributed by atoms with Crippen LogP contribution < -0.4 is 15.4 Å². The van der Waals surface area contributed by atoms with Crippen molar-refractivity contribution in [3.63, 3.8) is 0 Å². The fourth-order valence-electron chi connectivity index (χ4n) is 2.45. The number of nitrogens with zero attached hydrogens (tertiary/aromatic N) is 2. The third-order valence-electron chi connectivity index (χ3n) is 4.35. The van der Waals surface area contributed by atoms with E-state index in [1.54, 1.807) is 41.2 Å². The summed E-state index contributed by atoms with van der Waals surface area (Å²) in [5.74, 6) is -0.482. The zero-order chi connectivity index (χ0) is 21.4. The van der Waals surface area contributed by atoms with Crippen LogP contribution in [0.2, 0.25) is 0 Å². The topological polar surface area (TPSA) is 112 Å². The molecular formula is C20H26N4O5. The lowest BCUT2D eigenvalue weighted by molar-refractivity contribution is -0.152. The van der Waals surface area contributed by atoms with Gasteiger partial charge in [0, 0.05) is 11.6 Å². The van der Waals surface area contributed by atoms with Crippen LogP contribution in [0.5, 0.6) is 5.75 Å². The van der Waals surface area contributed by atoms with E-state index in [2.05, 4.69) is 15.7 Å². The Labute approximate surface area is 169 Å². The molecule has 9 nitrogen and oxygen atoms in total. The maximum Gasteiger partial charge on any atom is 0.326 e. The van der Waals surface area contributed by atoms with Gasteiger partial charge < -0.3 is 20.1 Å². The highest BCUT2D eigenvalue weighted by molar-refractivity contribution is 5.97. The molecule has 1 aromatic heterocycles. The van der Waals surface area contributed by atoms with Gasteiger partial charge in [0.2, 0.25) is 0 Å². The van der Waals surface area contributed by atoms with Crippen molar-refractivity contribution in [3.05, 3.63) is 42.1 Å². The zero-order valence-electron chi connectivity index (χ0n) is 17.0. The van der Waals surface area contributed by atoms with E-state index in [-0.39, 0.29) is 12.6 Å². The van der Waals surface area contributed by atoms with Crippen molar-refractivity contribution in [2.75, 3.05) is 19.0 Å². The number of nitrogens with one attached hydrogen (secondary N) is 2. The number of aromatic nitrogens is 2. The van der Waals surface area contributed by atoms with Gasteiger partial charge in [-0.15, -0.1) is 0 Å². The van der Waals surface area contributed by atoms with E-state index in [0.717, 1.165) is 6.42 Å². The Bertz CT molecular complexity index is 847. The second-order valence-corrected chi connectivity index (χ2v) is 6.45. The molecule has 29 heavy (non-hydrogen) atoms. The molecule has 2 N–H and O–H groups in total. The molecule has 2 atom stereocenters. The van der Waals surface area contributed by atoms with Crippen LogP contribution in [0.25, 0.3) is 0 Å². The molecule has 0 unspecified atom stereocenters. The first-order valence-electron chi connectivity index (χ1n) is 9.31. The fourth-order valence-corrected chi connectivity index (χ4v) is 2.45. The number of carbonyl (C=O) groups excluding carboxylic acids is 3. The molecular weight excluding hydrogens is 376 g/mol. The maximum absolute atomic E-state index is 12.3. The lowest BCUT2D eigenvalue weighted by Crippen LogP contribution is -2.36. The fraction of sp³-hybridized carbons (Fsp3) is 0.400. The molecule has 0 saturated heterocycles. The average Bonchev–Trinajstić information content (AvgIpc) is 3.19. The number of hydrogen-bond acceptors (Lipinski definition) is 6. The normalized spacial score (nSPS) is 12.6. The van der Waals surface area contributed by atoms with E-state index in [9.17, 15) is 14.4 Å². The lowest BCUT2D eigenvalue weighted by Gasteiger charge is -2.17. The molecule has 0 bridgehead atoms. The molecule has 2 amide bonds. The van der Waals surface area contributed by atoms with E-state index in [1.807, 2.05) is 13.8 Å². The van der Waals surface area contributed by atoms with Crippen LogP contribution in [-0.2, 0) is 14.3 Å². The van der Waals surface area contributed by atoms with E-state index >= 15 is 0 Å². The van der Waals surface area contributed by atoms with Crippen LogP contribution in [0.15, 0.2) is 36.5 Å². The second kappa shape index (κ2) is 10.3. The van der Waals surface area contributed by atoms with Gasteiger partial charge in [0.1, 0.15) is 18.1 Å². The summed E-state index contributed by atoms with van der Waals surface area (Å²) in [6.45, 7) is 5.11. The number of methoxy groups -OCH3 is 1. The zero-order valence-corrected chi connectivity index (χ0v) is 17.0. The summed E-state index contributed by atoms with van der Waals surface area (Å²) < 4.78 is 11.8. The first kappa shape index (κ1) is 21.9. The Morgan fingerprint density at radius 1 is 1.14 bits per heavy atom. The van der Waals surface area contributed by atoms with Crippen molar-refractivity contribution in [1.82, 2.24) is 15.1 Å². The van der Waals surface area contributed by atoms with Crippen molar-refractivity contribution in [3.8, 4) is 5.75 Å². The van der Waals surface area contributed by atoms with Gasteiger partial charge in [-0.2, -0.15) is 5.10 Å². The van der Waals surface area contributed by atoms with Gasteiger partial charge in [0.25, 0.3) is 11.8 Å². The van der Waals surface area contributed by atoms with Crippen LogP contribution in [0.3, 0.4) is 0 Å². The largest absolute Gasteiger partial charge is 0.497 e. The van der Waals surface area contributed by atoms with Gasteiger partial charge in [0.05, 0.1) is 19.3 Å². The van der Waals surface area contributed by atoms with Crippen LogP contribution in [0.4, 0.5) is 5.82 Å². The predicted octanol–water partition coefficient (Wildman–Crippen LogP) is 2.16. The third-order valence-corrected chi connectivity index (χ3v) is 4.35. The summed E-state index contributed by atoms with van der Waals surface area (Å²) in [4.78, 5) is 36.3. The average molecular weight is 402 g/mol. The van der Waals surface area contributed by atoms with Gasteiger partial charge in [-0.25, -0.2) is 4.68 Å². The number of hydrogen-bond donors (Lipinski definition) is 2. The van der Waals surface area contributed by atoms with E-state index in [1.165, 1.54) is 14.0 Å². The number of esters is 1. The Kier molecular flexibility index (Phi) is 7.76. The van der Waals surface area contributed by atoms with Crippen molar-refractivity contribution >= 4 is 23.6 Å². The van der Waals surface area contributed by atoms with Gasteiger partial charge in [0.15, 0.2) is 6.10 Å². The molecule has 2 aromatic rings. The minimum atomic E-state index is -1.03. The van der Waals surface area contributed by atoms with Crippen molar-refractivity contribution < 1.29 is 23.9 Å². The molecule has 0 aliphatic rings. The van der Waals surface area contributed by atoms with Crippen molar-refractivity contribution in [2.45, 2.75) is 39.3 Å². The Morgan fingerprint density at radius 3 is 2.45 bits per heavy atom. The number of carbonyl (C=O) groups is 3. The monoisotopic (exact) mass is 402 g/mol. The molecule has 0 fully saturated rings. The van der Waals surface area contributed by atoms with E-state index < -0.39 is 23.9 Å². The summed E-state index contributed by atoms with van der Waals surface area (Å²) in [5.41, 5.74) is 0.377. The number of ether oxygens (including phenoxy) is 2. The molecule has 1 aromatic carbocycles. The van der Waals surface area contributed by atoms with Crippen LogP contribution in [0.1, 0.15) is 43.6 Å². The number of anilines is 1. The van der Waals surface area contributed by atoms with Gasteiger partial charge >= 0.3 is 5.97 Å². The van der Waals surface area contributed by atoms with Crippen LogP contribution >= 0.6 is 0 Å². The van der Waals surface area contributed by atoms with Gasteiger partial charge in [-0.1, -0.05) is 6.92 Å². The number of rotatable bonds is 9. The molecule has 0 aliphatic heterocycles. The SMILES string of the molecule is CC[C@@H](C)n1nccc1NC(=O)[C@H](C)OC(=O)CNC(=O)c1ccc(OC)cc1. The standard InChI is InChI=1S/C20H26N4O5/c1-5-13(2)24-17(10-11-22-24)23-19(26)14(3)29-18(25)12-21-20(27)15-6-8-16(28-4)9-7-15/h6-11,13-14H,5,12H2,1-4H3,(H,21,27)(H,23,26)/t13-,14+/m1/s1. The number of benzene rings is 1. The minimum Gasteiger partial charge on any atom is -0.497 e. The molecule has 9 heteroatoms. The minimum absolute atomic E-state index is 0.117. The van der Waals surface area contributed by atoms with Crippen molar-refractivity contribution in [1.29, 1.82) is 0 Å². The highest BCUT2D eigenvalue weighted by Crippen LogP contribution is 2.16. The molecule has 156 valence electrons. The summed E-state index contributed by atoms with van der Waals surface area (Å²) in [7, 11) is 1.53. The summed E-state index contributed by atoms with van der Waals surface area (Å²) in [6, 6.07) is 8.24. The predicted molar refractivity (Wildman–Crippen MR) is 107 cm³/mol. The lowest BCUT2D eigenvalue weighted by atomic mass is 10.2. The summed E-state index contributed by atoms with van der Waals surface area (Å²) >= 11 is 0. The smallest absolute Gasteiger partial charge is 0.326 e. The molecule has 1 heterocycles. The molecule has 0 radical (unpaired) electrons. The first-order valence-corrected chi connectivity index (χ1v) is 9.31.